The van der Waals surface area contributed by atoms with Crippen LogP contribution in [0, 0.1) is 17.8 Å². The first kappa shape index (κ1) is 13.8. The second-order valence-electron chi connectivity index (χ2n) is 6.00. The van der Waals surface area contributed by atoms with Crippen LogP contribution in [0.15, 0.2) is 24.3 Å². The van der Waals surface area contributed by atoms with Crippen LogP contribution in [0.4, 0.5) is 5.69 Å². The van der Waals surface area contributed by atoms with E-state index >= 15 is 0 Å². The Morgan fingerprint density at radius 3 is 2.62 bits per heavy atom. The Balaban J connectivity index is 1.95. The number of amides is 2. The summed E-state index contributed by atoms with van der Waals surface area (Å²) in [6, 6.07) is 6.01. The van der Waals surface area contributed by atoms with Crippen molar-refractivity contribution >= 4 is 23.5 Å². The molecule has 1 N–H and O–H groups in total. The van der Waals surface area contributed by atoms with Gasteiger partial charge in [-0.3, -0.25) is 14.5 Å². The van der Waals surface area contributed by atoms with E-state index in [1.165, 1.54) is 17.0 Å². The summed E-state index contributed by atoms with van der Waals surface area (Å²) in [5.74, 6) is -1.45. The van der Waals surface area contributed by atoms with E-state index in [0.29, 0.717) is 11.6 Å². The minimum Gasteiger partial charge on any atom is -0.478 e. The number of aromatic carboxylic acids is 1. The lowest BCUT2D eigenvalue weighted by molar-refractivity contribution is -0.122. The number of anilines is 1. The molecule has 0 bridgehead atoms. The minimum atomic E-state index is -1.07. The Kier molecular flexibility index (Phi) is 3.27. The van der Waals surface area contributed by atoms with Crippen molar-refractivity contribution in [3.05, 3.63) is 29.8 Å². The fourth-order valence-corrected chi connectivity index (χ4v) is 3.42. The number of carbonyl (C=O) groups is 3. The summed E-state index contributed by atoms with van der Waals surface area (Å²) in [4.78, 5) is 37.2. The molecule has 5 nitrogen and oxygen atoms in total. The highest BCUT2D eigenvalue weighted by Crippen LogP contribution is 2.42. The molecular formula is C16H17NO4. The summed E-state index contributed by atoms with van der Waals surface area (Å²) in [6.07, 6.45) is 2.44. The summed E-state index contributed by atoms with van der Waals surface area (Å²) in [6.45, 7) is 2.10. The summed E-state index contributed by atoms with van der Waals surface area (Å²) in [5.41, 5.74) is 0.447. The third-order valence-electron chi connectivity index (χ3n) is 4.54. The Morgan fingerprint density at radius 2 is 1.90 bits per heavy atom. The lowest BCUT2D eigenvalue weighted by atomic mass is 9.76. The van der Waals surface area contributed by atoms with Gasteiger partial charge in [0.25, 0.3) is 0 Å². The molecule has 1 heterocycles. The van der Waals surface area contributed by atoms with Crippen molar-refractivity contribution in [2.45, 2.75) is 26.2 Å². The Morgan fingerprint density at radius 1 is 1.19 bits per heavy atom. The Labute approximate surface area is 122 Å². The fourth-order valence-electron chi connectivity index (χ4n) is 3.42. The summed E-state index contributed by atoms with van der Waals surface area (Å²) >= 11 is 0. The molecule has 0 aromatic heterocycles. The third kappa shape index (κ3) is 2.22. The van der Waals surface area contributed by atoms with Gasteiger partial charge < -0.3 is 5.11 Å². The van der Waals surface area contributed by atoms with E-state index in [1.54, 1.807) is 12.1 Å². The molecular weight excluding hydrogens is 270 g/mol. The van der Waals surface area contributed by atoms with Gasteiger partial charge in [-0.2, -0.15) is 0 Å². The van der Waals surface area contributed by atoms with E-state index in [0.717, 1.165) is 19.3 Å². The highest BCUT2D eigenvalue weighted by atomic mass is 16.4. The first-order chi connectivity index (χ1) is 9.99. The van der Waals surface area contributed by atoms with Crippen LogP contribution in [0.3, 0.4) is 0 Å². The Bertz CT molecular complexity index is 624. The molecule has 0 spiro atoms. The monoisotopic (exact) mass is 287 g/mol. The predicted molar refractivity (Wildman–Crippen MR) is 75.9 cm³/mol. The maximum atomic E-state index is 12.5. The van der Waals surface area contributed by atoms with Crippen LogP contribution in [-0.2, 0) is 9.59 Å². The molecule has 2 aliphatic rings. The maximum absolute atomic E-state index is 12.5. The van der Waals surface area contributed by atoms with Crippen molar-refractivity contribution in [1.82, 2.24) is 0 Å². The van der Waals surface area contributed by atoms with Gasteiger partial charge in [0, 0.05) is 0 Å². The number of hydrogen-bond acceptors (Lipinski definition) is 3. The predicted octanol–water partition coefficient (Wildman–Crippen LogP) is 2.31. The lowest BCUT2D eigenvalue weighted by Crippen LogP contribution is -2.31. The molecule has 0 unspecified atom stereocenters. The number of carbonyl (C=O) groups excluding carboxylic acids is 2. The van der Waals surface area contributed by atoms with Gasteiger partial charge in [0.2, 0.25) is 11.8 Å². The van der Waals surface area contributed by atoms with Gasteiger partial charge in [-0.05, 0) is 43.4 Å². The molecule has 3 atom stereocenters. The summed E-state index contributed by atoms with van der Waals surface area (Å²) < 4.78 is 0. The van der Waals surface area contributed by atoms with Gasteiger partial charge in [0.1, 0.15) is 0 Å². The van der Waals surface area contributed by atoms with E-state index in [9.17, 15) is 14.4 Å². The third-order valence-corrected chi connectivity index (χ3v) is 4.54. The summed E-state index contributed by atoms with van der Waals surface area (Å²) in [7, 11) is 0. The number of hydrogen-bond donors (Lipinski definition) is 1. The van der Waals surface area contributed by atoms with Crippen LogP contribution < -0.4 is 4.90 Å². The van der Waals surface area contributed by atoms with Gasteiger partial charge in [0.15, 0.2) is 0 Å². The molecule has 0 radical (unpaired) electrons. The number of rotatable bonds is 2. The van der Waals surface area contributed by atoms with Gasteiger partial charge >= 0.3 is 5.97 Å². The van der Waals surface area contributed by atoms with Crippen LogP contribution in [0.5, 0.6) is 0 Å². The smallest absolute Gasteiger partial charge is 0.335 e. The van der Waals surface area contributed by atoms with Gasteiger partial charge in [0.05, 0.1) is 23.1 Å². The van der Waals surface area contributed by atoms with E-state index in [1.807, 2.05) is 0 Å². The zero-order valence-corrected chi connectivity index (χ0v) is 11.8. The van der Waals surface area contributed by atoms with E-state index in [4.69, 9.17) is 5.11 Å². The lowest BCUT2D eigenvalue weighted by Gasteiger charge is -2.25. The minimum absolute atomic E-state index is 0.0799. The van der Waals surface area contributed by atoms with Crippen molar-refractivity contribution in [2.24, 2.45) is 17.8 Å². The van der Waals surface area contributed by atoms with Gasteiger partial charge in [-0.25, -0.2) is 4.79 Å². The van der Waals surface area contributed by atoms with Crippen molar-refractivity contribution in [3.63, 3.8) is 0 Å². The molecule has 1 saturated carbocycles. The molecule has 5 heteroatoms. The van der Waals surface area contributed by atoms with Crippen molar-refractivity contribution < 1.29 is 19.5 Å². The highest BCUT2D eigenvalue weighted by Gasteiger charge is 2.49. The van der Waals surface area contributed by atoms with Crippen LogP contribution in [0.25, 0.3) is 0 Å². The topological polar surface area (TPSA) is 74.7 Å². The number of fused-ring (bicyclic) bond motifs is 1. The van der Waals surface area contributed by atoms with Crippen molar-refractivity contribution in [3.8, 4) is 0 Å². The van der Waals surface area contributed by atoms with Gasteiger partial charge in [-0.15, -0.1) is 0 Å². The quantitative estimate of drug-likeness (QED) is 0.847. The zero-order valence-electron chi connectivity index (χ0n) is 11.8. The van der Waals surface area contributed by atoms with E-state index in [2.05, 4.69) is 6.92 Å². The number of imide groups is 1. The van der Waals surface area contributed by atoms with E-state index < -0.39 is 5.97 Å². The number of nitrogens with zero attached hydrogens (tertiary/aromatic N) is 1. The molecule has 2 fully saturated rings. The summed E-state index contributed by atoms with van der Waals surface area (Å²) in [5, 5.41) is 9.04. The van der Waals surface area contributed by atoms with Gasteiger partial charge in [-0.1, -0.05) is 13.0 Å². The maximum Gasteiger partial charge on any atom is 0.335 e. The molecule has 1 aliphatic carbocycles. The van der Waals surface area contributed by atoms with E-state index in [-0.39, 0.29) is 29.2 Å². The first-order valence-corrected chi connectivity index (χ1v) is 7.20. The average Bonchev–Trinajstić information content (AvgIpc) is 2.70. The zero-order chi connectivity index (χ0) is 15.1. The molecule has 2 amide bonds. The van der Waals surface area contributed by atoms with Crippen molar-refractivity contribution in [2.75, 3.05) is 4.90 Å². The SMILES string of the molecule is C[C@@H]1CC[C@H]2C(=O)N(c3cccc(C(=O)O)c3)C(=O)[C@H]2C1. The molecule has 3 rings (SSSR count). The fraction of sp³-hybridized carbons (Fsp3) is 0.438. The highest BCUT2D eigenvalue weighted by molar-refractivity contribution is 6.22. The van der Waals surface area contributed by atoms with Crippen LogP contribution >= 0.6 is 0 Å². The van der Waals surface area contributed by atoms with Crippen LogP contribution in [0.2, 0.25) is 0 Å². The largest absolute Gasteiger partial charge is 0.478 e. The first-order valence-electron chi connectivity index (χ1n) is 7.20. The number of benzene rings is 1. The second kappa shape index (κ2) is 4.98. The number of carboxylic acid groups (broad SMARTS) is 1. The van der Waals surface area contributed by atoms with Crippen molar-refractivity contribution in [1.29, 1.82) is 0 Å². The molecule has 1 aromatic carbocycles. The second-order valence-corrected chi connectivity index (χ2v) is 6.00. The molecule has 1 saturated heterocycles. The molecule has 1 aromatic rings. The normalized spacial score (nSPS) is 28.6. The Hall–Kier alpha value is -2.17. The molecule has 21 heavy (non-hydrogen) atoms. The molecule has 110 valence electrons. The van der Waals surface area contributed by atoms with Crippen LogP contribution in [-0.4, -0.2) is 22.9 Å². The molecule has 1 aliphatic heterocycles. The van der Waals surface area contributed by atoms with Crippen LogP contribution in [0.1, 0.15) is 36.5 Å². The average molecular weight is 287 g/mol. The number of carboxylic acids is 1. The standard InChI is InChI=1S/C16H17NO4/c1-9-5-6-12-13(7-9)15(19)17(14(12)18)11-4-2-3-10(8-11)16(20)21/h2-4,8-9,12-13H,5-7H2,1H3,(H,20,21)/t9-,12-,13+/m1/s1.